The monoisotopic (exact) mass is 302 g/mol. The van der Waals surface area contributed by atoms with Crippen molar-refractivity contribution < 1.29 is 24.2 Å². The summed E-state index contributed by atoms with van der Waals surface area (Å²) in [4.78, 5) is 22.8. The van der Waals surface area contributed by atoms with Gasteiger partial charge in [0.15, 0.2) is 0 Å². The fourth-order valence-electron chi connectivity index (χ4n) is 2.24. The third-order valence-corrected chi connectivity index (χ3v) is 3.44. The topological polar surface area (TPSA) is 96.9 Å². The van der Waals surface area contributed by atoms with Crippen LogP contribution in [0.3, 0.4) is 0 Å². The molecule has 7 heteroatoms. The lowest BCUT2D eigenvalue weighted by atomic mass is 10.1. The van der Waals surface area contributed by atoms with Gasteiger partial charge in [0.05, 0.1) is 12.7 Å². The second-order valence-corrected chi connectivity index (χ2v) is 5.16. The van der Waals surface area contributed by atoms with Gasteiger partial charge in [0.25, 0.3) is 0 Å². The van der Waals surface area contributed by atoms with Crippen molar-refractivity contribution in [2.75, 3.05) is 33.4 Å². The maximum atomic E-state index is 11.7. The zero-order valence-corrected chi connectivity index (χ0v) is 12.6. The van der Waals surface area contributed by atoms with E-state index in [0.29, 0.717) is 26.1 Å². The molecule has 1 atom stereocenters. The molecule has 0 saturated carbocycles. The molecule has 1 fully saturated rings. The maximum absolute atomic E-state index is 11.7. The van der Waals surface area contributed by atoms with Crippen LogP contribution in [-0.4, -0.2) is 62.5 Å². The van der Waals surface area contributed by atoms with Crippen molar-refractivity contribution in [3.63, 3.8) is 0 Å². The lowest BCUT2D eigenvalue weighted by molar-refractivity contribution is -0.142. The van der Waals surface area contributed by atoms with E-state index in [4.69, 9.17) is 14.6 Å². The largest absolute Gasteiger partial charge is 0.480 e. The van der Waals surface area contributed by atoms with Crippen molar-refractivity contribution in [2.45, 2.75) is 44.2 Å². The average Bonchev–Trinajstić information content (AvgIpc) is 2.47. The zero-order valence-electron chi connectivity index (χ0n) is 12.6. The first kappa shape index (κ1) is 17.9. The number of hydrogen-bond acceptors (Lipinski definition) is 5. The molecule has 1 rings (SSSR count). The van der Waals surface area contributed by atoms with E-state index in [2.05, 4.69) is 10.6 Å². The number of rotatable bonds is 10. The number of aliphatic carboxylic acids is 1. The Bertz CT molecular complexity index is 318. The minimum atomic E-state index is -1.02. The summed E-state index contributed by atoms with van der Waals surface area (Å²) in [5.74, 6) is -1.30. The predicted molar refractivity (Wildman–Crippen MR) is 77.1 cm³/mol. The van der Waals surface area contributed by atoms with Crippen LogP contribution in [0, 0.1) is 0 Å². The molecule has 0 radical (unpaired) electrons. The number of hydrogen-bond donors (Lipinski definition) is 3. The second-order valence-electron chi connectivity index (χ2n) is 5.16. The van der Waals surface area contributed by atoms with Crippen molar-refractivity contribution in [1.29, 1.82) is 0 Å². The Balaban J connectivity index is 2.18. The van der Waals surface area contributed by atoms with Crippen LogP contribution in [0.15, 0.2) is 0 Å². The fraction of sp³-hybridized carbons (Fsp3) is 0.857. The highest BCUT2D eigenvalue weighted by molar-refractivity contribution is 5.83. The fourth-order valence-corrected chi connectivity index (χ4v) is 2.24. The molecule has 0 spiro atoms. The summed E-state index contributed by atoms with van der Waals surface area (Å²) in [6, 6.07) is -0.855. The highest BCUT2D eigenvalue weighted by atomic mass is 16.5. The Kier molecular flexibility index (Phi) is 8.96. The van der Waals surface area contributed by atoms with E-state index < -0.39 is 12.0 Å². The Morgan fingerprint density at radius 3 is 2.67 bits per heavy atom. The third-order valence-electron chi connectivity index (χ3n) is 3.44. The normalized spacial score (nSPS) is 17.4. The molecule has 21 heavy (non-hydrogen) atoms. The van der Waals surface area contributed by atoms with Crippen LogP contribution in [0.1, 0.15) is 32.1 Å². The number of ether oxygens (including phenoxy) is 2. The zero-order chi connectivity index (χ0) is 15.5. The molecule has 0 aliphatic carbocycles. The summed E-state index contributed by atoms with van der Waals surface area (Å²) in [6.45, 7) is 2.70. The van der Waals surface area contributed by atoms with Gasteiger partial charge in [-0.05, 0) is 38.8 Å². The molecule has 1 aliphatic heterocycles. The van der Waals surface area contributed by atoms with Crippen LogP contribution in [0.2, 0.25) is 0 Å². The smallest absolute Gasteiger partial charge is 0.326 e. The molecule has 7 nitrogen and oxygen atoms in total. The van der Waals surface area contributed by atoms with Gasteiger partial charge in [-0.3, -0.25) is 4.79 Å². The molecule has 3 N–H and O–H groups in total. The van der Waals surface area contributed by atoms with E-state index in [1.807, 2.05) is 0 Å². The van der Waals surface area contributed by atoms with E-state index in [1.54, 1.807) is 7.11 Å². The van der Waals surface area contributed by atoms with Gasteiger partial charge in [-0.2, -0.15) is 0 Å². The Morgan fingerprint density at radius 2 is 2.05 bits per heavy atom. The molecular weight excluding hydrogens is 276 g/mol. The number of amides is 1. The molecule has 122 valence electrons. The van der Waals surface area contributed by atoms with Gasteiger partial charge in [0.1, 0.15) is 6.04 Å². The van der Waals surface area contributed by atoms with Crippen LogP contribution in [-0.2, 0) is 19.1 Å². The Hall–Kier alpha value is -1.18. The van der Waals surface area contributed by atoms with E-state index in [9.17, 15) is 9.59 Å². The Morgan fingerprint density at radius 1 is 1.33 bits per heavy atom. The van der Waals surface area contributed by atoms with Crippen LogP contribution >= 0.6 is 0 Å². The molecule has 0 aromatic heterocycles. The molecule has 1 aliphatic rings. The van der Waals surface area contributed by atoms with Crippen molar-refractivity contribution >= 4 is 11.9 Å². The predicted octanol–water partition coefficient (Wildman–Crippen LogP) is 0.141. The first-order valence-electron chi connectivity index (χ1n) is 7.47. The van der Waals surface area contributed by atoms with Crippen molar-refractivity contribution in [1.82, 2.24) is 10.6 Å². The number of methoxy groups -OCH3 is 1. The number of carboxylic acid groups (broad SMARTS) is 1. The first-order chi connectivity index (χ1) is 10.1. The second kappa shape index (κ2) is 10.5. The summed E-state index contributed by atoms with van der Waals surface area (Å²) in [5.41, 5.74) is 0. The quantitative estimate of drug-likeness (QED) is 0.497. The number of piperidine rings is 1. The molecule has 1 amide bonds. The summed E-state index contributed by atoms with van der Waals surface area (Å²) in [6.07, 6.45) is 3.27. The van der Waals surface area contributed by atoms with Gasteiger partial charge in [0.2, 0.25) is 5.91 Å². The third kappa shape index (κ3) is 7.99. The summed E-state index contributed by atoms with van der Waals surface area (Å²) in [5, 5.41) is 14.8. The van der Waals surface area contributed by atoms with Crippen LogP contribution in [0.4, 0.5) is 0 Å². The number of nitrogens with one attached hydrogen (secondary N) is 2. The van der Waals surface area contributed by atoms with Gasteiger partial charge in [-0.15, -0.1) is 0 Å². The van der Waals surface area contributed by atoms with Crippen molar-refractivity contribution in [3.05, 3.63) is 0 Å². The highest BCUT2D eigenvalue weighted by Crippen LogP contribution is 2.07. The van der Waals surface area contributed by atoms with E-state index in [0.717, 1.165) is 25.9 Å². The number of carboxylic acids is 1. The van der Waals surface area contributed by atoms with Crippen LogP contribution in [0.5, 0.6) is 0 Å². The lowest BCUT2D eigenvalue weighted by Gasteiger charge is -2.23. The molecule has 1 saturated heterocycles. The minimum Gasteiger partial charge on any atom is -0.480 e. The molecule has 1 heterocycles. The molecule has 1 unspecified atom stereocenters. The van der Waals surface area contributed by atoms with Gasteiger partial charge in [-0.1, -0.05) is 0 Å². The first-order valence-corrected chi connectivity index (χ1v) is 7.47. The molecule has 0 bridgehead atoms. The van der Waals surface area contributed by atoms with Crippen LogP contribution < -0.4 is 10.6 Å². The van der Waals surface area contributed by atoms with Gasteiger partial charge in [-0.25, -0.2) is 4.79 Å². The Labute approximate surface area is 125 Å². The molecular formula is C14H26N2O5. The molecule has 0 aromatic carbocycles. The van der Waals surface area contributed by atoms with Crippen molar-refractivity contribution in [3.8, 4) is 0 Å². The summed E-state index contributed by atoms with van der Waals surface area (Å²) in [7, 11) is 1.56. The molecule has 0 aromatic rings. The van der Waals surface area contributed by atoms with Crippen molar-refractivity contribution in [2.24, 2.45) is 0 Å². The SMILES string of the molecule is COCCCC(NC(=O)CCOC1CCNCC1)C(=O)O. The van der Waals surface area contributed by atoms with E-state index >= 15 is 0 Å². The van der Waals surface area contributed by atoms with Crippen LogP contribution in [0.25, 0.3) is 0 Å². The van der Waals surface area contributed by atoms with Gasteiger partial charge < -0.3 is 25.2 Å². The standard InChI is InChI=1S/C14H26N2O5/c1-20-9-2-3-12(14(18)19)16-13(17)6-10-21-11-4-7-15-8-5-11/h11-12,15H,2-10H2,1H3,(H,16,17)(H,18,19). The summed E-state index contributed by atoms with van der Waals surface area (Å²) < 4.78 is 10.5. The number of carbonyl (C=O) groups excluding carboxylic acids is 1. The van der Waals surface area contributed by atoms with Gasteiger partial charge in [0, 0.05) is 20.1 Å². The van der Waals surface area contributed by atoms with E-state index in [1.165, 1.54) is 0 Å². The maximum Gasteiger partial charge on any atom is 0.326 e. The number of carbonyl (C=O) groups is 2. The highest BCUT2D eigenvalue weighted by Gasteiger charge is 2.20. The van der Waals surface area contributed by atoms with E-state index in [-0.39, 0.29) is 18.4 Å². The minimum absolute atomic E-state index is 0.192. The average molecular weight is 302 g/mol. The van der Waals surface area contributed by atoms with Gasteiger partial charge >= 0.3 is 5.97 Å². The summed E-state index contributed by atoms with van der Waals surface area (Å²) >= 11 is 0. The lowest BCUT2D eigenvalue weighted by Crippen LogP contribution is -2.41.